The van der Waals surface area contributed by atoms with Crippen molar-refractivity contribution in [2.75, 3.05) is 49.4 Å². The molecule has 3 rings (SSSR count). The van der Waals surface area contributed by atoms with E-state index in [2.05, 4.69) is 15.3 Å². The molecule has 10 nitrogen and oxygen atoms in total. The smallest absolute Gasteiger partial charge is 0.353 e. The summed E-state index contributed by atoms with van der Waals surface area (Å²) in [6.07, 6.45) is 0. The van der Waals surface area contributed by atoms with E-state index in [-0.39, 0.29) is 17.3 Å². The summed E-state index contributed by atoms with van der Waals surface area (Å²) in [6.45, 7) is 2.25. The third kappa shape index (κ3) is 3.53. The van der Waals surface area contributed by atoms with Crippen molar-refractivity contribution in [1.82, 2.24) is 9.97 Å². The first-order valence-corrected chi connectivity index (χ1v) is 7.64. The van der Waals surface area contributed by atoms with Crippen molar-refractivity contribution in [3.8, 4) is 5.75 Å². The van der Waals surface area contributed by atoms with Gasteiger partial charge in [0.05, 0.1) is 30.9 Å². The van der Waals surface area contributed by atoms with Crippen LogP contribution in [0.15, 0.2) is 24.3 Å². The molecular weight excluding hydrogens is 328 g/mol. The van der Waals surface area contributed by atoms with Crippen LogP contribution in [0.1, 0.15) is 0 Å². The van der Waals surface area contributed by atoms with E-state index in [4.69, 9.17) is 15.2 Å². The number of methoxy groups -OCH3 is 1. The van der Waals surface area contributed by atoms with Crippen LogP contribution in [0.2, 0.25) is 0 Å². The van der Waals surface area contributed by atoms with Gasteiger partial charge in [-0.3, -0.25) is 10.1 Å². The van der Waals surface area contributed by atoms with Gasteiger partial charge in [-0.2, -0.15) is 9.97 Å². The zero-order valence-corrected chi connectivity index (χ0v) is 13.6. The molecule has 0 amide bonds. The average molecular weight is 346 g/mol. The molecule has 0 atom stereocenters. The van der Waals surface area contributed by atoms with Crippen LogP contribution >= 0.6 is 0 Å². The summed E-state index contributed by atoms with van der Waals surface area (Å²) in [5.41, 5.74) is 6.00. The third-order valence-corrected chi connectivity index (χ3v) is 3.74. The van der Waals surface area contributed by atoms with E-state index in [0.717, 1.165) is 0 Å². The van der Waals surface area contributed by atoms with Crippen LogP contribution in [0.25, 0.3) is 0 Å². The Morgan fingerprint density at radius 3 is 2.72 bits per heavy atom. The van der Waals surface area contributed by atoms with Crippen LogP contribution < -0.4 is 20.7 Å². The van der Waals surface area contributed by atoms with E-state index in [1.54, 1.807) is 24.3 Å². The summed E-state index contributed by atoms with van der Waals surface area (Å²) in [5.74, 6) is 0.674. The second kappa shape index (κ2) is 7.18. The highest BCUT2D eigenvalue weighted by Crippen LogP contribution is 2.35. The fourth-order valence-corrected chi connectivity index (χ4v) is 2.51. The molecule has 2 aromatic rings. The first-order chi connectivity index (χ1) is 12.1. The number of benzene rings is 1. The number of para-hydroxylation sites is 2. The number of ether oxygens (including phenoxy) is 2. The van der Waals surface area contributed by atoms with Gasteiger partial charge in [-0.15, -0.1) is 0 Å². The quantitative estimate of drug-likeness (QED) is 0.612. The molecule has 25 heavy (non-hydrogen) atoms. The molecule has 10 heteroatoms. The van der Waals surface area contributed by atoms with Crippen LogP contribution in [-0.4, -0.2) is 48.3 Å². The van der Waals surface area contributed by atoms with Crippen molar-refractivity contribution in [3.63, 3.8) is 0 Å². The van der Waals surface area contributed by atoms with Gasteiger partial charge in [-0.25, -0.2) is 0 Å². The van der Waals surface area contributed by atoms with Gasteiger partial charge in [0, 0.05) is 13.1 Å². The van der Waals surface area contributed by atoms with E-state index in [1.165, 1.54) is 7.11 Å². The Morgan fingerprint density at radius 1 is 1.32 bits per heavy atom. The number of rotatable bonds is 5. The average Bonchev–Trinajstić information content (AvgIpc) is 2.62. The molecule has 1 saturated heterocycles. The zero-order chi connectivity index (χ0) is 17.8. The Morgan fingerprint density at radius 2 is 2.04 bits per heavy atom. The summed E-state index contributed by atoms with van der Waals surface area (Å²) >= 11 is 0. The summed E-state index contributed by atoms with van der Waals surface area (Å²) in [7, 11) is 1.52. The van der Waals surface area contributed by atoms with Crippen molar-refractivity contribution in [3.05, 3.63) is 34.4 Å². The molecular formula is C15H18N6O4. The number of nitrogen functional groups attached to an aromatic ring is 1. The number of hydrogen-bond donors (Lipinski definition) is 2. The molecule has 1 fully saturated rings. The van der Waals surface area contributed by atoms with Crippen molar-refractivity contribution < 1.29 is 14.4 Å². The molecule has 0 bridgehead atoms. The van der Waals surface area contributed by atoms with Crippen molar-refractivity contribution in [2.24, 2.45) is 0 Å². The number of hydrogen-bond acceptors (Lipinski definition) is 9. The van der Waals surface area contributed by atoms with Gasteiger partial charge < -0.3 is 25.4 Å². The predicted octanol–water partition coefficient (Wildman–Crippen LogP) is 1.56. The normalized spacial score (nSPS) is 14.2. The SMILES string of the molecule is COc1ccccc1Nc1nc(N2CCOCC2)nc(N)c1[N+](=O)[O-]. The molecule has 0 aliphatic carbocycles. The van der Waals surface area contributed by atoms with E-state index in [0.29, 0.717) is 43.7 Å². The van der Waals surface area contributed by atoms with Gasteiger partial charge >= 0.3 is 5.69 Å². The summed E-state index contributed by atoms with van der Waals surface area (Å²) in [6, 6.07) is 7.05. The second-order valence-electron chi connectivity index (χ2n) is 5.29. The maximum absolute atomic E-state index is 11.4. The minimum atomic E-state index is -0.601. The van der Waals surface area contributed by atoms with Crippen LogP contribution in [0.4, 0.5) is 29.0 Å². The Hall–Kier alpha value is -3.14. The standard InChI is InChI=1S/C15H18N6O4/c1-24-11-5-3-2-4-10(11)17-14-12(21(22)23)13(16)18-15(19-14)20-6-8-25-9-7-20/h2-5H,6-9H2,1H3,(H3,16,17,18,19). The lowest BCUT2D eigenvalue weighted by Crippen LogP contribution is -2.37. The van der Waals surface area contributed by atoms with E-state index in [1.807, 2.05) is 4.90 Å². The molecule has 1 aromatic carbocycles. The Kier molecular flexibility index (Phi) is 4.80. The Labute approximate surface area is 143 Å². The van der Waals surface area contributed by atoms with Gasteiger partial charge in [-0.1, -0.05) is 12.1 Å². The molecule has 0 spiro atoms. The molecule has 132 valence electrons. The minimum Gasteiger partial charge on any atom is -0.495 e. The van der Waals surface area contributed by atoms with Crippen LogP contribution in [0.3, 0.4) is 0 Å². The topological polar surface area (TPSA) is 129 Å². The summed E-state index contributed by atoms with van der Waals surface area (Å²) in [5, 5.41) is 14.4. The molecule has 1 aliphatic rings. The van der Waals surface area contributed by atoms with Crippen LogP contribution in [-0.2, 0) is 4.74 Å². The molecule has 1 aliphatic heterocycles. The second-order valence-corrected chi connectivity index (χ2v) is 5.29. The maximum atomic E-state index is 11.4. The van der Waals surface area contributed by atoms with Crippen LogP contribution in [0, 0.1) is 10.1 Å². The lowest BCUT2D eigenvalue weighted by molar-refractivity contribution is -0.383. The van der Waals surface area contributed by atoms with Gasteiger partial charge in [0.2, 0.25) is 17.6 Å². The summed E-state index contributed by atoms with van der Waals surface area (Å²) < 4.78 is 10.6. The number of nitrogens with two attached hydrogens (primary N) is 1. The Bertz CT molecular complexity index is 779. The minimum absolute atomic E-state index is 0.0171. The van der Waals surface area contributed by atoms with Gasteiger partial charge in [-0.05, 0) is 12.1 Å². The monoisotopic (exact) mass is 346 g/mol. The predicted molar refractivity (Wildman–Crippen MR) is 92.4 cm³/mol. The van der Waals surface area contributed by atoms with E-state index < -0.39 is 4.92 Å². The number of nitrogens with one attached hydrogen (secondary N) is 1. The number of nitro groups is 1. The van der Waals surface area contributed by atoms with Gasteiger partial charge in [0.1, 0.15) is 5.75 Å². The highest BCUT2D eigenvalue weighted by atomic mass is 16.6. The molecule has 0 unspecified atom stereocenters. The molecule has 1 aromatic heterocycles. The largest absolute Gasteiger partial charge is 0.495 e. The molecule has 0 radical (unpaired) electrons. The van der Waals surface area contributed by atoms with Crippen molar-refractivity contribution in [1.29, 1.82) is 0 Å². The Balaban J connectivity index is 2.02. The first-order valence-electron chi connectivity index (χ1n) is 7.64. The molecule has 2 heterocycles. The fourth-order valence-electron chi connectivity index (χ4n) is 2.51. The number of nitrogens with zero attached hydrogens (tertiary/aromatic N) is 4. The number of aromatic nitrogens is 2. The highest BCUT2D eigenvalue weighted by Gasteiger charge is 2.26. The van der Waals surface area contributed by atoms with E-state index >= 15 is 0 Å². The van der Waals surface area contributed by atoms with Gasteiger partial charge in [0.15, 0.2) is 0 Å². The third-order valence-electron chi connectivity index (χ3n) is 3.74. The summed E-state index contributed by atoms with van der Waals surface area (Å²) in [4.78, 5) is 21.1. The molecule has 0 saturated carbocycles. The maximum Gasteiger partial charge on any atom is 0.353 e. The molecule has 3 N–H and O–H groups in total. The highest BCUT2D eigenvalue weighted by molar-refractivity contribution is 5.76. The van der Waals surface area contributed by atoms with Gasteiger partial charge in [0.25, 0.3) is 0 Å². The lowest BCUT2D eigenvalue weighted by Gasteiger charge is -2.27. The van der Waals surface area contributed by atoms with Crippen LogP contribution in [0.5, 0.6) is 5.75 Å². The van der Waals surface area contributed by atoms with E-state index in [9.17, 15) is 10.1 Å². The number of morpholine rings is 1. The lowest BCUT2D eigenvalue weighted by atomic mass is 10.3. The van der Waals surface area contributed by atoms with Crippen molar-refractivity contribution >= 4 is 29.0 Å². The first kappa shape index (κ1) is 16.7. The zero-order valence-electron chi connectivity index (χ0n) is 13.6. The fraction of sp³-hybridized carbons (Fsp3) is 0.333. The van der Waals surface area contributed by atoms with Crippen molar-refractivity contribution in [2.45, 2.75) is 0 Å². The number of anilines is 4.